The molecule has 0 heterocycles. The van der Waals surface area contributed by atoms with Crippen molar-refractivity contribution in [2.75, 3.05) is 6.16 Å². The Hall–Kier alpha value is -0.600. The highest BCUT2D eigenvalue weighted by molar-refractivity contribution is 7.53. The zero-order chi connectivity index (χ0) is 23.2. The van der Waals surface area contributed by atoms with E-state index in [2.05, 4.69) is 26.0 Å². The molecule has 0 rings (SSSR count). The van der Waals surface area contributed by atoms with Crippen LogP contribution in [0, 0.1) is 5.92 Å². The van der Waals surface area contributed by atoms with Crippen LogP contribution in [-0.2, 0) is 13.9 Å². The maximum absolute atomic E-state index is 12.2. The monoisotopic (exact) mass is 458 g/mol. The van der Waals surface area contributed by atoms with Crippen LogP contribution in [0.1, 0.15) is 136 Å². The van der Waals surface area contributed by atoms with Crippen molar-refractivity contribution in [2.24, 2.45) is 5.92 Å². The summed E-state index contributed by atoms with van der Waals surface area (Å²) in [7, 11) is -3.81. The zero-order valence-corrected chi connectivity index (χ0v) is 21.7. The summed E-state index contributed by atoms with van der Waals surface area (Å²) >= 11 is 0. The van der Waals surface area contributed by atoms with Crippen molar-refractivity contribution in [2.45, 2.75) is 136 Å². The van der Waals surface area contributed by atoms with Gasteiger partial charge in [-0.1, -0.05) is 104 Å². The van der Waals surface area contributed by atoms with E-state index in [0.717, 1.165) is 51.4 Å². The Labute approximate surface area is 193 Å². The smallest absolute Gasteiger partial charge is 0.379 e. The molecule has 0 radical (unpaired) electrons. The van der Waals surface area contributed by atoms with Crippen LogP contribution in [0.3, 0.4) is 0 Å². The SMILES string of the molecule is CCCCCCCCC=CCCCCCCCC(=O)OP(=O)(O)CC(CC)CCCC. The number of hydrogen-bond donors (Lipinski definition) is 1. The van der Waals surface area contributed by atoms with Gasteiger partial charge in [0.05, 0.1) is 6.16 Å². The van der Waals surface area contributed by atoms with Gasteiger partial charge in [-0.3, -0.25) is 4.79 Å². The van der Waals surface area contributed by atoms with Gasteiger partial charge in [-0.05, 0) is 44.4 Å². The third kappa shape index (κ3) is 21.0. The summed E-state index contributed by atoms with van der Waals surface area (Å²) in [5.74, 6) is -0.364. The minimum absolute atomic E-state index is 0.0988. The molecular weight excluding hydrogens is 407 g/mol. The molecule has 2 atom stereocenters. The first-order valence-corrected chi connectivity index (χ1v) is 14.9. The molecular formula is C26H51O4P. The van der Waals surface area contributed by atoms with E-state index in [9.17, 15) is 14.3 Å². The van der Waals surface area contributed by atoms with Crippen LogP contribution in [0.5, 0.6) is 0 Å². The second kappa shape index (κ2) is 21.3. The zero-order valence-electron chi connectivity index (χ0n) is 20.8. The van der Waals surface area contributed by atoms with E-state index in [4.69, 9.17) is 4.52 Å². The molecule has 0 aromatic heterocycles. The highest BCUT2D eigenvalue weighted by Gasteiger charge is 2.27. The predicted octanol–water partition coefficient (Wildman–Crippen LogP) is 8.97. The average Bonchev–Trinajstić information content (AvgIpc) is 2.73. The van der Waals surface area contributed by atoms with Crippen molar-refractivity contribution in [3.8, 4) is 0 Å². The number of allylic oxidation sites excluding steroid dienone is 2. The molecule has 5 heteroatoms. The molecule has 0 aromatic rings. The molecule has 0 spiro atoms. The first-order chi connectivity index (χ1) is 14.9. The molecule has 4 nitrogen and oxygen atoms in total. The lowest BCUT2D eigenvalue weighted by Crippen LogP contribution is -2.11. The van der Waals surface area contributed by atoms with E-state index in [1.54, 1.807) is 0 Å². The number of hydrogen-bond acceptors (Lipinski definition) is 3. The highest BCUT2D eigenvalue weighted by atomic mass is 31.2. The molecule has 0 aliphatic rings. The van der Waals surface area contributed by atoms with Gasteiger partial charge in [-0.25, -0.2) is 4.57 Å². The van der Waals surface area contributed by atoms with Crippen LogP contribution in [0.15, 0.2) is 12.2 Å². The third-order valence-electron chi connectivity index (χ3n) is 5.92. The standard InChI is InChI=1S/C26H51O4P/c1-4-7-9-10-11-12-13-14-15-16-17-18-19-20-21-23-26(27)30-31(28,29)24-25(6-3)22-8-5-2/h14-15,25H,4-13,16-24H2,1-3H3,(H,28,29). The highest BCUT2D eigenvalue weighted by Crippen LogP contribution is 2.45. The average molecular weight is 459 g/mol. The largest absolute Gasteiger partial charge is 0.392 e. The Balaban J connectivity index is 3.64. The van der Waals surface area contributed by atoms with Crippen molar-refractivity contribution in [3.05, 3.63) is 12.2 Å². The number of carbonyl (C=O) groups is 1. The summed E-state index contributed by atoms with van der Waals surface area (Å²) in [4.78, 5) is 21.9. The Kier molecular flexibility index (Phi) is 20.8. The van der Waals surface area contributed by atoms with E-state index >= 15 is 0 Å². The molecule has 1 N–H and O–H groups in total. The molecule has 2 unspecified atom stereocenters. The summed E-state index contributed by atoms with van der Waals surface area (Å²) in [5.41, 5.74) is 0. The Morgan fingerprint density at radius 3 is 1.87 bits per heavy atom. The second-order valence-electron chi connectivity index (χ2n) is 9.03. The molecule has 0 aromatic carbocycles. The van der Waals surface area contributed by atoms with Crippen molar-refractivity contribution in [1.82, 2.24) is 0 Å². The maximum atomic E-state index is 12.2. The summed E-state index contributed by atoms with van der Waals surface area (Å²) in [6.07, 6.45) is 24.5. The van der Waals surface area contributed by atoms with E-state index < -0.39 is 13.6 Å². The van der Waals surface area contributed by atoms with Gasteiger partial charge in [-0.15, -0.1) is 0 Å². The molecule has 0 saturated heterocycles. The second-order valence-corrected chi connectivity index (χ2v) is 10.9. The lowest BCUT2D eigenvalue weighted by Gasteiger charge is -2.18. The normalized spacial score (nSPS) is 14.6. The van der Waals surface area contributed by atoms with E-state index in [-0.39, 0.29) is 18.5 Å². The molecule has 0 saturated carbocycles. The van der Waals surface area contributed by atoms with Gasteiger partial charge < -0.3 is 9.42 Å². The number of unbranched alkanes of at least 4 members (excludes halogenated alkanes) is 12. The van der Waals surface area contributed by atoms with Crippen LogP contribution < -0.4 is 0 Å². The van der Waals surface area contributed by atoms with Gasteiger partial charge in [0.15, 0.2) is 0 Å². The first-order valence-electron chi connectivity index (χ1n) is 13.1. The van der Waals surface area contributed by atoms with Crippen molar-refractivity contribution < 1.29 is 18.8 Å². The fourth-order valence-electron chi connectivity index (χ4n) is 3.83. The van der Waals surface area contributed by atoms with Gasteiger partial charge in [0.1, 0.15) is 0 Å². The third-order valence-corrected chi connectivity index (χ3v) is 7.39. The minimum atomic E-state index is -3.81. The lowest BCUT2D eigenvalue weighted by molar-refractivity contribution is -0.134. The molecule has 184 valence electrons. The van der Waals surface area contributed by atoms with Crippen LogP contribution in [0.2, 0.25) is 0 Å². The van der Waals surface area contributed by atoms with Gasteiger partial charge in [-0.2, -0.15) is 0 Å². The Morgan fingerprint density at radius 1 is 0.806 bits per heavy atom. The summed E-state index contributed by atoms with van der Waals surface area (Å²) in [5, 5.41) is 0. The van der Waals surface area contributed by atoms with Crippen LogP contribution in [-0.4, -0.2) is 17.0 Å². The van der Waals surface area contributed by atoms with E-state index in [1.807, 2.05) is 6.92 Å². The fraction of sp³-hybridized carbons (Fsp3) is 0.885. The first kappa shape index (κ1) is 30.4. The van der Waals surface area contributed by atoms with Crippen LogP contribution in [0.4, 0.5) is 0 Å². The van der Waals surface area contributed by atoms with Gasteiger partial charge in [0.2, 0.25) is 0 Å². The molecule has 31 heavy (non-hydrogen) atoms. The lowest BCUT2D eigenvalue weighted by atomic mass is 10.0. The van der Waals surface area contributed by atoms with Crippen LogP contribution in [0.25, 0.3) is 0 Å². The van der Waals surface area contributed by atoms with E-state index in [0.29, 0.717) is 0 Å². The maximum Gasteiger partial charge on any atom is 0.379 e. The Morgan fingerprint density at radius 2 is 1.32 bits per heavy atom. The van der Waals surface area contributed by atoms with Crippen molar-refractivity contribution >= 4 is 13.6 Å². The predicted molar refractivity (Wildman–Crippen MR) is 134 cm³/mol. The Bertz CT molecular complexity index is 490. The van der Waals surface area contributed by atoms with Gasteiger partial charge in [0.25, 0.3) is 0 Å². The van der Waals surface area contributed by atoms with Crippen LogP contribution >= 0.6 is 7.60 Å². The summed E-state index contributed by atoms with van der Waals surface area (Å²) < 4.78 is 17.2. The number of carbonyl (C=O) groups excluding carboxylic acids is 1. The van der Waals surface area contributed by atoms with Crippen molar-refractivity contribution in [1.29, 1.82) is 0 Å². The topological polar surface area (TPSA) is 63.6 Å². The molecule has 0 aliphatic heterocycles. The fourth-order valence-corrected chi connectivity index (χ4v) is 5.40. The molecule has 0 aliphatic carbocycles. The minimum Gasteiger partial charge on any atom is -0.392 e. The molecule has 0 fully saturated rings. The molecule has 0 bridgehead atoms. The van der Waals surface area contributed by atoms with Gasteiger partial charge >= 0.3 is 13.6 Å². The number of rotatable bonds is 22. The van der Waals surface area contributed by atoms with Crippen molar-refractivity contribution in [3.63, 3.8) is 0 Å². The quantitative estimate of drug-likeness (QED) is 0.0998. The van der Waals surface area contributed by atoms with E-state index in [1.165, 1.54) is 57.8 Å². The van der Waals surface area contributed by atoms with Gasteiger partial charge in [0, 0.05) is 6.42 Å². The summed E-state index contributed by atoms with van der Waals surface area (Å²) in [6, 6.07) is 0. The summed E-state index contributed by atoms with van der Waals surface area (Å²) in [6.45, 7) is 6.39. The molecule has 0 amide bonds.